The van der Waals surface area contributed by atoms with Crippen LogP contribution < -0.4 is 5.32 Å². The van der Waals surface area contributed by atoms with Crippen LogP contribution in [-0.2, 0) is 4.79 Å². The zero-order valence-corrected chi connectivity index (χ0v) is 13.1. The minimum absolute atomic E-state index is 0.0907. The highest BCUT2D eigenvalue weighted by Crippen LogP contribution is 2.49. The van der Waals surface area contributed by atoms with E-state index in [0.717, 1.165) is 24.2 Å². The van der Waals surface area contributed by atoms with E-state index >= 15 is 0 Å². The van der Waals surface area contributed by atoms with Crippen LogP contribution in [0.5, 0.6) is 0 Å². The second-order valence-electron chi connectivity index (χ2n) is 6.89. The predicted molar refractivity (Wildman–Crippen MR) is 82.6 cm³/mol. The number of nitrogens with zero attached hydrogens (tertiary/aromatic N) is 1. The molecular weight excluding hydrogens is 248 g/mol. The van der Waals surface area contributed by atoms with Crippen LogP contribution >= 0.6 is 0 Å². The number of anilines is 1. The van der Waals surface area contributed by atoms with Crippen molar-refractivity contribution in [2.24, 2.45) is 10.8 Å². The van der Waals surface area contributed by atoms with Crippen LogP contribution in [-0.4, -0.2) is 10.9 Å². The lowest BCUT2D eigenvalue weighted by molar-refractivity contribution is -0.132. The first-order valence-corrected chi connectivity index (χ1v) is 7.59. The largest absolute Gasteiger partial charge is 0.324 e. The van der Waals surface area contributed by atoms with Crippen LogP contribution in [0.1, 0.15) is 58.6 Å². The number of carbonyl (C=O) groups is 1. The van der Waals surface area contributed by atoms with Crippen molar-refractivity contribution >= 4 is 11.6 Å². The molecule has 0 aromatic carbocycles. The number of pyridine rings is 1. The molecule has 0 unspecified atom stereocenters. The fourth-order valence-corrected chi connectivity index (χ4v) is 3.06. The second-order valence-corrected chi connectivity index (χ2v) is 6.89. The van der Waals surface area contributed by atoms with Crippen molar-refractivity contribution in [1.82, 2.24) is 4.98 Å². The van der Waals surface area contributed by atoms with E-state index in [1.807, 2.05) is 19.1 Å². The third-order valence-electron chi connectivity index (χ3n) is 5.20. The van der Waals surface area contributed by atoms with E-state index in [4.69, 9.17) is 0 Å². The Bertz CT molecular complexity index is 470. The Morgan fingerprint density at radius 2 is 1.90 bits per heavy atom. The molecule has 0 bridgehead atoms. The topological polar surface area (TPSA) is 42.0 Å². The van der Waals surface area contributed by atoms with E-state index in [1.54, 1.807) is 6.20 Å². The molecule has 2 rings (SSSR count). The molecule has 0 radical (unpaired) electrons. The fraction of sp³-hybridized carbons (Fsp3) is 0.647. The normalized spacial score (nSPS) is 18.6. The van der Waals surface area contributed by atoms with Gasteiger partial charge in [0.15, 0.2) is 0 Å². The van der Waals surface area contributed by atoms with Gasteiger partial charge in [-0.05, 0) is 37.3 Å². The van der Waals surface area contributed by atoms with Gasteiger partial charge in [0.1, 0.15) is 0 Å². The smallest absolute Gasteiger partial charge is 0.230 e. The zero-order chi connectivity index (χ0) is 14.8. The Hall–Kier alpha value is -1.38. The first-order valence-electron chi connectivity index (χ1n) is 7.59. The van der Waals surface area contributed by atoms with E-state index in [1.165, 1.54) is 19.3 Å². The SMILES string of the molecule is Cc1ccc(NC(=O)C(C)(C)C2(C)CCCCC2)cn1. The van der Waals surface area contributed by atoms with Crippen molar-refractivity contribution in [2.75, 3.05) is 5.32 Å². The van der Waals surface area contributed by atoms with E-state index in [2.05, 4.69) is 31.1 Å². The van der Waals surface area contributed by atoms with Crippen LogP contribution in [0.2, 0.25) is 0 Å². The van der Waals surface area contributed by atoms with Crippen LogP contribution in [0.15, 0.2) is 18.3 Å². The van der Waals surface area contributed by atoms with Gasteiger partial charge in [0.2, 0.25) is 5.91 Å². The lowest BCUT2D eigenvalue weighted by Gasteiger charge is -2.45. The molecule has 1 aliphatic carbocycles. The molecule has 1 N–H and O–H groups in total. The summed E-state index contributed by atoms with van der Waals surface area (Å²) in [5.74, 6) is 0.104. The molecule has 1 aromatic rings. The number of hydrogen-bond donors (Lipinski definition) is 1. The number of hydrogen-bond acceptors (Lipinski definition) is 2. The molecule has 1 amide bonds. The summed E-state index contributed by atoms with van der Waals surface area (Å²) >= 11 is 0. The number of nitrogens with one attached hydrogen (secondary N) is 1. The Morgan fingerprint density at radius 3 is 2.45 bits per heavy atom. The lowest BCUT2D eigenvalue weighted by atomic mass is 9.59. The van der Waals surface area contributed by atoms with Gasteiger partial charge in [-0.25, -0.2) is 0 Å². The molecule has 0 saturated heterocycles. The van der Waals surface area contributed by atoms with Gasteiger partial charge in [-0.2, -0.15) is 0 Å². The third kappa shape index (κ3) is 2.87. The minimum atomic E-state index is -0.363. The highest BCUT2D eigenvalue weighted by Gasteiger charge is 2.46. The van der Waals surface area contributed by atoms with Crippen LogP contribution in [0, 0.1) is 17.8 Å². The highest BCUT2D eigenvalue weighted by atomic mass is 16.2. The summed E-state index contributed by atoms with van der Waals surface area (Å²) in [5, 5.41) is 3.03. The maximum Gasteiger partial charge on any atom is 0.230 e. The molecule has 1 fully saturated rings. The number of rotatable bonds is 3. The van der Waals surface area contributed by atoms with Gasteiger partial charge >= 0.3 is 0 Å². The van der Waals surface area contributed by atoms with Crippen molar-refractivity contribution in [3.63, 3.8) is 0 Å². The molecule has 20 heavy (non-hydrogen) atoms. The number of aryl methyl sites for hydroxylation is 1. The van der Waals surface area contributed by atoms with Gasteiger partial charge in [0.25, 0.3) is 0 Å². The molecule has 3 heteroatoms. The van der Waals surface area contributed by atoms with Crippen LogP contribution in [0.4, 0.5) is 5.69 Å². The van der Waals surface area contributed by atoms with Gasteiger partial charge in [-0.15, -0.1) is 0 Å². The summed E-state index contributed by atoms with van der Waals surface area (Å²) in [6, 6.07) is 3.84. The summed E-state index contributed by atoms with van der Waals surface area (Å²) < 4.78 is 0. The first-order chi connectivity index (χ1) is 9.35. The third-order valence-corrected chi connectivity index (χ3v) is 5.20. The van der Waals surface area contributed by atoms with Gasteiger partial charge < -0.3 is 5.32 Å². The van der Waals surface area contributed by atoms with Gasteiger partial charge in [-0.3, -0.25) is 9.78 Å². The molecule has 1 aliphatic rings. The summed E-state index contributed by atoms with van der Waals surface area (Å²) in [7, 11) is 0. The molecule has 0 aliphatic heterocycles. The summed E-state index contributed by atoms with van der Waals surface area (Å²) in [4.78, 5) is 16.9. The van der Waals surface area contributed by atoms with Gasteiger partial charge in [-0.1, -0.05) is 40.0 Å². The summed E-state index contributed by atoms with van der Waals surface area (Å²) in [6.45, 7) is 8.36. The van der Waals surface area contributed by atoms with Gasteiger partial charge in [0.05, 0.1) is 11.9 Å². The Morgan fingerprint density at radius 1 is 1.25 bits per heavy atom. The Labute approximate surface area is 122 Å². The molecule has 1 saturated carbocycles. The standard InChI is InChI=1S/C17H26N2O/c1-13-8-9-14(12-18-13)19-15(20)16(2,3)17(4)10-6-5-7-11-17/h8-9,12H,5-7,10-11H2,1-4H3,(H,19,20). The first kappa shape index (κ1) is 15.0. The van der Waals surface area contributed by atoms with E-state index in [0.29, 0.717) is 0 Å². The van der Waals surface area contributed by atoms with E-state index in [9.17, 15) is 4.79 Å². The molecule has 110 valence electrons. The predicted octanol–water partition coefficient (Wildman–Crippen LogP) is 4.33. The minimum Gasteiger partial charge on any atom is -0.324 e. The van der Waals surface area contributed by atoms with Crippen molar-refractivity contribution in [2.45, 2.75) is 59.8 Å². The van der Waals surface area contributed by atoms with Crippen molar-refractivity contribution in [3.8, 4) is 0 Å². The quantitative estimate of drug-likeness (QED) is 0.891. The van der Waals surface area contributed by atoms with E-state index in [-0.39, 0.29) is 16.7 Å². The monoisotopic (exact) mass is 274 g/mol. The molecular formula is C17H26N2O. The second kappa shape index (κ2) is 5.55. The average Bonchev–Trinajstić information content (AvgIpc) is 2.42. The van der Waals surface area contributed by atoms with Crippen molar-refractivity contribution in [1.29, 1.82) is 0 Å². The Balaban J connectivity index is 2.12. The Kier molecular flexibility index (Phi) is 4.17. The van der Waals surface area contributed by atoms with Crippen molar-refractivity contribution in [3.05, 3.63) is 24.0 Å². The average molecular weight is 274 g/mol. The fourth-order valence-electron chi connectivity index (χ4n) is 3.06. The molecule has 0 spiro atoms. The molecule has 0 atom stereocenters. The lowest BCUT2D eigenvalue weighted by Crippen LogP contribution is -2.45. The highest BCUT2D eigenvalue weighted by molar-refractivity contribution is 5.95. The van der Waals surface area contributed by atoms with Crippen molar-refractivity contribution < 1.29 is 4.79 Å². The van der Waals surface area contributed by atoms with Crippen LogP contribution in [0.25, 0.3) is 0 Å². The zero-order valence-electron chi connectivity index (χ0n) is 13.1. The van der Waals surface area contributed by atoms with Gasteiger partial charge in [0, 0.05) is 11.1 Å². The molecule has 3 nitrogen and oxygen atoms in total. The number of aromatic nitrogens is 1. The van der Waals surface area contributed by atoms with Crippen LogP contribution in [0.3, 0.4) is 0 Å². The maximum absolute atomic E-state index is 12.7. The summed E-state index contributed by atoms with van der Waals surface area (Å²) in [6.07, 6.45) is 7.78. The number of carbonyl (C=O) groups excluding carboxylic acids is 1. The summed E-state index contributed by atoms with van der Waals surface area (Å²) in [5.41, 5.74) is 1.47. The number of amides is 1. The molecule has 1 aromatic heterocycles. The van der Waals surface area contributed by atoms with E-state index < -0.39 is 0 Å². The molecule has 1 heterocycles. The maximum atomic E-state index is 12.7.